The van der Waals surface area contributed by atoms with Crippen molar-refractivity contribution in [3.8, 4) is 6.07 Å². The highest BCUT2D eigenvalue weighted by atomic mass is 16.1. The number of nitrogens with one attached hydrogen (secondary N) is 1. The number of carbonyl (C=O) groups is 1. The molecule has 1 radical (unpaired) electrons. The molecule has 1 N–H and O–H groups in total. The Bertz CT molecular complexity index is 381. The fourth-order valence-corrected chi connectivity index (χ4v) is 1.63. The van der Waals surface area contributed by atoms with Gasteiger partial charge in [-0.3, -0.25) is 4.79 Å². The summed E-state index contributed by atoms with van der Waals surface area (Å²) in [7, 11) is 0. The van der Waals surface area contributed by atoms with E-state index in [0.29, 0.717) is 12.3 Å². The van der Waals surface area contributed by atoms with E-state index in [2.05, 4.69) is 24.4 Å². The van der Waals surface area contributed by atoms with Gasteiger partial charge in [-0.1, -0.05) is 31.2 Å². The predicted molar refractivity (Wildman–Crippen MR) is 66.0 cm³/mol. The molecule has 1 aromatic carbocycles. The summed E-state index contributed by atoms with van der Waals surface area (Å²) >= 11 is 0. The molecule has 17 heavy (non-hydrogen) atoms. The maximum absolute atomic E-state index is 11.4. The molecule has 0 aliphatic rings. The van der Waals surface area contributed by atoms with Crippen LogP contribution in [0.5, 0.6) is 0 Å². The fourth-order valence-electron chi connectivity index (χ4n) is 1.63. The van der Waals surface area contributed by atoms with Crippen LogP contribution < -0.4 is 5.32 Å². The lowest BCUT2D eigenvalue weighted by Crippen LogP contribution is -2.25. The van der Waals surface area contributed by atoms with Crippen molar-refractivity contribution in [3.63, 3.8) is 0 Å². The Labute approximate surface area is 102 Å². The van der Waals surface area contributed by atoms with Crippen LogP contribution in [0.4, 0.5) is 0 Å². The molecule has 0 heterocycles. The second kappa shape index (κ2) is 7.45. The van der Waals surface area contributed by atoms with Gasteiger partial charge in [-0.25, -0.2) is 0 Å². The number of amides is 1. The average Bonchev–Trinajstić information content (AvgIpc) is 2.35. The molecule has 0 spiro atoms. The van der Waals surface area contributed by atoms with Crippen molar-refractivity contribution in [3.05, 3.63) is 35.9 Å². The predicted octanol–water partition coefficient (Wildman–Crippen LogP) is 2.09. The lowest BCUT2D eigenvalue weighted by molar-refractivity contribution is -0.121. The van der Waals surface area contributed by atoms with E-state index in [4.69, 9.17) is 5.26 Å². The molecule has 1 amide bonds. The van der Waals surface area contributed by atoms with Crippen LogP contribution in [0.3, 0.4) is 0 Å². The number of hydrogen-bond donors (Lipinski definition) is 1. The summed E-state index contributed by atoms with van der Waals surface area (Å²) in [4.78, 5) is 11.4. The minimum Gasteiger partial charge on any atom is -0.343 e. The van der Waals surface area contributed by atoms with E-state index in [1.807, 2.05) is 24.3 Å². The van der Waals surface area contributed by atoms with E-state index in [-0.39, 0.29) is 12.5 Å². The standard InChI is InChI=1S/C14H17N2O/c1-12(11-14(17)16-10-9-15)7-8-13-5-3-2-4-6-13/h2-3,5-6,12H,7-8,10-11H2,1H3,(H,16,17). The van der Waals surface area contributed by atoms with Crippen molar-refractivity contribution in [1.82, 2.24) is 5.32 Å². The number of hydrogen-bond acceptors (Lipinski definition) is 2. The van der Waals surface area contributed by atoms with Crippen LogP contribution in [0.25, 0.3) is 0 Å². The third-order valence-electron chi connectivity index (χ3n) is 2.60. The van der Waals surface area contributed by atoms with Crippen LogP contribution in [0.15, 0.2) is 24.3 Å². The summed E-state index contributed by atoms with van der Waals surface area (Å²) in [5.41, 5.74) is 1.25. The molecule has 1 unspecified atom stereocenters. The van der Waals surface area contributed by atoms with Gasteiger partial charge in [0.15, 0.2) is 0 Å². The maximum Gasteiger partial charge on any atom is 0.221 e. The Morgan fingerprint density at radius 2 is 2.47 bits per heavy atom. The summed E-state index contributed by atoms with van der Waals surface area (Å²) in [6.07, 6.45) is 2.42. The smallest absolute Gasteiger partial charge is 0.221 e. The summed E-state index contributed by atoms with van der Waals surface area (Å²) in [5.74, 6) is 0.285. The van der Waals surface area contributed by atoms with Gasteiger partial charge in [0.2, 0.25) is 5.91 Å². The number of aryl methyl sites for hydroxylation is 1. The molecule has 0 aliphatic carbocycles. The Hall–Kier alpha value is -1.82. The van der Waals surface area contributed by atoms with Gasteiger partial charge in [-0.05, 0) is 30.4 Å². The number of rotatable bonds is 6. The first kappa shape index (κ1) is 13.2. The van der Waals surface area contributed by atoms with Gasteiger partial charge in [0, 0.05) is 6.42 Å². The second-order valence-corrected chi connectivity index (χ2v) is 4.19. The topological polar surface area (TPSA) is 52.9 Å². The molecule has 1 rings (SSSR count). The first-order valence-corrected chi connectivity index (χ1v) is 5.81. The molecule has 1 atom stereocenters. The Balaban J connectivity index is 2.24. The third kappa shape index (κ3) is 5.72. The van der Waals surface area contributed by atoms with Crippen LogP contribution in [0.1, 0.15) is 25.3 Å². The second-order valence-electron chi connectivity index (χ2n) is 4.19. The zero-order chi connectivity index (χ0) is 12.5. The fraction of sp³-hybridized carbons (Fsp3) is 0.429. The third-order valence-corrected chi connectivity index (χ3v) is 2.60. The molecule has 0 aromatic heterocycles. The first-order valence-electron chi connectivity index (χ1n) is 5.81. The summed E-state index contributed by atoms with van der Waals surface area (Å²) in [6, 6.07) is 12.8. The van der Waals surface area contributed by atoms with E-state index >= 15 is 0 Å². The average molecular weight is 229 g/mol. The van der Waals surface area contributed by atoms with E-state index in [9.17, 15) is 4.79 Å². The summed E-state index contributed by atoms with van der Waals surface area (Å²) in [5, 5.41) is 10.9. The highest BCUT2D eigenvalue weighted by Crippen LogP contribution is 2.12. The van der Waals surface area contributed by atoms with Crippen LogP contribution >= 0.6 is 0 Å². The molecule has 3 heteroatoms. The normalized spacial score (nSPS) is 11.5. The molecule has 3 nitrogen and oxygen atoms in total. The number of carbonyl (C=O) groups excluding carboxylic acids is 1. The monoisotopic (exact) mass is 229 g/mol. The number of nitriles is 1. The maximum atomic E-state index is 11.4. The van der Waals surface area contributed by atoms with Crippen LogP contribution in [0.2, 0.25) is 0 Å². The molecule has 0 bridgehead atoms. The summed E-state index contributed by atoms with van der Waals surface area (Å²) < 4.78 is 0. The van der Waals surface area contributed by atoms with E-state index in [1.54, 1.807) is 0 Å². The quantitative estimate of drug-likeness (QED) is 0.759. The molecule has 0 saturated heterocycles. The van der Waals surface area contributed by atoms with Crippen LogP contribution in [0, 0.1) is 23.3 Å². The van der Waals surface area contributed by atoms with Gasteiger partial charge in [0.25, 0.3) is 0 Å². The van der Waals surface area contributed by atoms with Gasteiger partial charge in [-0.2, -0.15) is 5.26 Å². The van der Waals surface area contributed by atoms with Gasteiger partial charge >= 0.3 is 0 Å². The van der Waals surface area contributed by atoms with Crippen molar-refractivity contribution >= 4 is 5.91 Å². The summed E-state index contributed by atoms with van der Waals surface area (Å²) in [6.45, 7) is 2.15. The van der Waals surface area contributed by atoms with E-state index < -0.39 is 0 Å². The van der Waals surface area contributed by atoms with Crippen LogP contribution in [-0.4, -0.2) is 12.5 Å². The zero-order valence-corrected chi connectivity index (χ0v) is 10.1. The molecule has 0 saturated carbocycles. The van der Waals surface area contributed by atoms with E-state index in [1.165, 1.54) is 5.56 Å². The zero-order valence-electron chi connectivity index (χ0n) is 10.1. The minimum absolute atomic E-state index is 0.0429. The van der Waals surface area contributed by atoms with E-state index in [0.717, 1.165) is 12.8 Å². The SMILES string of the molecule is CC(CCc1c[c]ccc1)CC(=O)NCC#N. The van der Waals surface area contributed by atoms with Crippen LogP contribution in [-0.2, 0) is 11.2 Å². The largest absolute Gasteiger partial charge is 0.343 e. The molecule has 0 aliphatic heterocycles. The Morgan fingerprint density at radius 3 is 3.12 bits per heavy atom. The van der Waals surface area contributed by atoms with Gasteiger partial charge in [-0.15, -0.1) is 0 Å². The minimum atomic E-state index is -0.0429. The molecular weight excluding hydrogens is 212 g/mol. The lowest BCUT2D eigenvalue weighted by Gasteiger charge is -2.10. The molecule has 89 valence electrons. The Kier molecular flexibility index (Phi) is 5.81. The first-order chi connectivity index (χ1) is 8.22. The van der Waals surface area contributed by atoms with Crippen molar-refractivity contribution in [1.29, 1.82) is 5.26 Å². The highest BCUT2D eigenvalue weighted by molar-refractivity contribution is 5.76. The van der Waals surface area contributed by atoms with Crippen molar-refractivity contribution in [2.45, 2.75) is 26.2 Å². The van der Waals surface area contributed by atoms with Crippen molar-refractivity contribution in [2.24, 2.45) is 5.92 Å². The van der Waals surface area contributed by atoms with Crippen molar-refractivity contribution < 1.29 is 4.79 Å². The molecular formula is C14H17N2O. The highest BCUT2D eigenvalue weighted by Gasteiger charge is 2.08. The lowest BCUT2D eigenvalue weighted by atomic mass is 9.98. The number of nitrogens with zero attached hydrogens (tertiary/aromatic N) is 1. The molecule has 1 aromatic rings. The molecule has 0 fully saturated rings. The number of benzene rings is 1. The van der Waals surface area contributed by atoms with Gasteiger partial charge in [0.1, 0.15) is 6.54 Å². The Morgan fingerprint density at radius 1 is 1.65 bits per heavy atom. The van der Waals surface area contributed by atoms with Gasteiger partial charge < -0.3 is 5.32 Å². The van der Waals surface area contributed by atoms with Crippen molar-refractivity contribution in [2.75, 3.05) is 6.54 Å². The van der Waals surface area contributed by atoms with Gasteiger partial charge in [0.05, 0.1) is 6.07 Å².